The van der Waals surface area contributed by atoms with Crippen molar-refractivity contribution in [2.24, 2.45) is 15.7 Å². The van der Waals surface area contributed by atoms with Crippen molar-refractivity contribution in [1.29, 1.82) is 0 Å². The van der Waals surface area contributed by atoms with Crippen LogP contribution >= 0.6 is 0 Å². The Balaban J connectivity index is 2.66. The first-order valence-corrected chi connectivity index (χ1v) is 3.75. The molecule has 0 saturated heterocycles. The molecule has 14 heavy (non-hydrogen) atoms. The van der Waals surface area contributed by atoms with Crippen LogP contribution in [0.15, 0.2) is 40.3 Å². The van der Waals surface area contributed by atoms with Crippen LogP contribution in [-0.2, 0) is 0 Å². The van der Waals surface area contributed by atoms with Gasteiger partial charge in [-0.1, -0.05) is 23.2 Å². The highest BCUT2D eigenvalue weighted by atomic mass is 16.6. The number of guanidine groups is 1. The van der Waals surface area contributed by atoms with Gasteiger partial charge in [0, 0.05) is 0 Å². The highest BCUT2D eigenvalue weighted by Crippen LogP contribution is 2.07. The van der Waals surface area contributed by atoms with Crippen molar-refractivity contribution in [1.82, 2.24) is 0 Å². The molecular weight excluding hydrogens is 184 g/mol. The van der Waals surface area contributed by atoms with Crippen LogP contribution in [-0.4, -0.2) is 17.2 Å². The zero-order chi connectivity index (χ0) is 10.4. The molecule has 1 rings (SSSR count). The lowest BCUT2D eigenvalue weighted by atomic mass is 10.3. The standard InChI is InChI=1S/C8H8N4O2/c9-8(12(13)14)11-6-10-7-4-2-1-3-5-7/h1-6H,(H2,9,10,11). The zero-order valence-corrected chi connectivity index (χ0v) is 7.20. The molecule has 0 aromatic heterocycles. The predicted octanol–water partition coefficient (Wildman–Crippen LogP) is 0.938. The van der Waals surface area contributed by atoms with Crippen molar-refractivity contribution in [3.05, 3.63) is 40.4 Å². The van der Waals surface area contributed by atoms with Gasteiger partial charge in [0.05, 0.1) is 5.69 Å². The van der Waals surface area contributed by atoms with E-state index in [9.17, 15) is 10.1 Å². The number of aliphatic imine (C=N–C) groups is 2. The predicted molar refractivity (Wildman–Crippen MR) is 53.2 cm³/mol. The molecule has 0 spiro atoms. The van der Waals surface area contributed by atoms with Crippen molar-refractivity contribution >= 4 is 18.0 Å². The number of nitrogens with zero attached hydrogens (tertiary/aromatic N) is 3. The lowest BCUT2D eigenvalue weighted by Crippen LogP contribution is -2.22. The number of hydrogen-bond acceptors (Lipinski definition) is 3. The molecule has 0 aliphatic heterocycles. The third-order valence-electron chi connectivity index (χ3n) is 1.34. The van der Waals surface area contributed by atoms with Gasteiger partial charge in [-0.15, -0.1) is 0 Å². The zero-order valence-electron chi connectivity index (χ0n) is 7.20. The number of nitrogens with two attached hydrogens (primary N) is 1. The maximum Gasteiger partial charge on any atom is 0.426 e. The number of hydrogen-bond donors (Lipinski definition) is 1. The van der Waals surface area contributed by atoms with E-state index in [1.807, 2.05) is 6.07 Å². The van der Waals surface area contributed by atoms with E-state index in [4.69, 9.17) is 5.73 Å². The van der Waals surface area contributed by atoms with Gasteiger partial charge in [0.15, 0.2) is 6.34 Å². The fourth-order valence-electron chi connectivity index (χ4n) is 0.716. The molecule has 72 valence electrons. The summed E-state index contributed by atoms with van der Waals surface area (Å²) in [7, 11) is 0. The minimum absolute atomic E-state index is 0.660. The smallest absolute Gasteiger partial charge is 0.390 e. The molecule has 0 atom stereocenters. The van der Waals surface area contributed by atoms with Crippen molar-refractivity contribution in [2.45, 2.75) is 0 Å². The average molecular weight is 192 g/mol. The second kappa shape index (κ2) is 4.70. The minimum Gasteiger partial charge on any atom is -0.390 e. The molecule has 0 saturated carbocycles. The first-order valence-electron chi connectivity index (χ1n) is 3.75. The van der Waals surface area contributed by atoms with Crippen LogP contribution in [0.2, 0.25) is 0 Å². The molecule has 2 N–H and O–H groups in total. The Hall–Kier alpha value is -2.24. The number of nitro groups is 1. The van der Waals surface area contributed by atoms with Gasteiger partial charge in [-0.05, 0) is 17.1 Å². The molecule has 0 radical (unpaired) electrons. The van der Waals surface area contributed by atoms with Crippen molar-refractivity contribution in [2.75, 3.05) is 0 Å². The Labute approximate surface area is 79.9 Å². The van der Waals surface area contributed by atoms with Crippen LogP contribution in [0.1, 0.15) is 0 Å². The Morgan fingerprint density at radius 2 is 2.07 bits per heavy atom. The van der Waals surface area contributed by atoms with Gasteiger partial charge in [-0.3, -0.25) is 5.73 Å². The topological polar surface area (TPSA) is 93.9 Å². The van der Waals surface area contributed by atoms with E-state index in [1.54, 1.807) is 24.3 Å². The van der Waals surface area contributed by atoms with Gasteiger partial charge in [-0.25, -0.2) is 4.99 Å². The summed E-state index contributed by atoms with van der Waals surface area (Å²) >= 11 is 0. The second-order valence-corrected chi connectivity index (χ2v) is 2.32. The highest BCUT2D eigenvalue weighted by molar-refractivity contribution is 5.80. The van der Waals surface area contributed by atoms with Gasteiger partial charge in [-0.2, -0.15) is 0 Å². The summed E-state index contributed by atoms with van der Waals surface area (Å²) in [5, 5.41) is 10.0. The minimum atomic E-state index is -0.781. The fraction of sp³-hybridized carbons (Fsp3) is 0. The number of benzene rings is 1. The summed E-state index contributed by atoms with van der Waals surface area (Å²) in [6, 6.07) is 8.93. The highest BCUT2D eigenvalue weighted by Gasteiger charge is 1.98. The Morgan fingerprint density at radius 3 is 2.64 bits per heavy atom. The van der Waals surface area contributed by atoms with Gasteiger partial charge in [0.25, 0.3) is 0 Å². The van der Waals surface area contributed by atoms with Crippen molar-refractivity contribution in [3.63, 3.8) is 0 Å². The lowest BCUT2D eigenvalue weighted by Gasteiger charge is -1.89. The molecule has 1 aromatic rings. The first-order chi connectivity index (χ1) is 6.70. The van der Waals surface area contributed by atoms with E-state index in [0.717, 1.165) is 6.34 Å². The molecule has 0 amide bonds. The molecular formula is C8H8N4O2. The fourth-order valence-corrected chi connectivity index (χ4v) is 0.716. The van der Waals surface area contributed by atoms with Crippen molar-refractivity contribution < 1.29 is 4.92 Å². The monoisotopic (exact) mass is 192 g/mol. The molecule has 0 aliphatic rings. The van der Waals surface area contributed by atoms with E-state index in [-0.39, 0.29) is 0 Å². The SMILES string of the molecule is NC(=NC=Nc1ccccc1)[N+](=O)[O-]. The van der Waals surface area contributed by atoms with Gasteiger partial charge >= 0.3 is 5.96 Å². The van der Waals surface area contributed by atoms with Gasteiger partial charge in [0.2, 0.25) is 0 Å². The molecule has 0 heterocycles. The first kappa shape index (κ1) is 9.85. The molecule has 0 bridgehead atoms. The van der Waals surface area contributed by atoms with Crippen LogP contribution < -0.4 is 5.73 Å². The second-order valence-electron chi connectivity index (χ2n) is 2.32. The van der Waals surface area contributed by atoms with Crippen LogP contribution in [0, 0.1) is 10.1 Å². The molecule has 6 heteroatoms. The largest absolute Gasteiger partial charge is 0.426 e. The Morgan fingerprint density at radius 1 is 1.43 bits per heavy atom. The maximum absolute atomic E-state index is 10.0. The normalized spacial score (nSPS) is 11.9. The summed E-state index contributed by atoms with van der Waals surface area (Å²) in [4.78, 5) is 16.4. The van der Waals surface area contributed by atoms with Crippen LogP contribution in [0.4, 0.5) is 5.69 Å². The van der Waals surface area contributed by atoms with E-state index in [1.165, 1.54) is 0 Å². The lowest BCUT2D eigenvalue weighted by molar-refractivity contribution is -0.352. The molecule has 1 aromatic carbocycles. The molecule has 6 nitrogen and oxygen atoms in total. The Bertz CT molecular complexity index is 372. The van der Waals surface area contributed by atoms with Crippen LogP contribution in [0.3, 0.4) is 0 Å². The summed E-state index contributed by atoms with van der Waals surface area (Å²) in [6.07, 6.45) is 1.05. The molecule has 0 fully saturated rings. The third-order valence-corrected chi connectivity index (χ3v) is 1.34. The van der Waals surface area contributed by atoms with Gasteiger partial charge in [0.1, 0.15) is 0 Å². The Kier molecular flexibility index (Phi) is 3.31. The van der Waals surface area contributed by atoms with E-state index in [2.05, 4.69) is 9.98 Å². The van der Waals surface area contributed by atoms with Crippen LogP contribution in [0.5, 0.6) is 0 Å². The summed E-state index contributed by atoms with van der Waals surface area (Å²) in [5.41, 5.74) is 5.60. The molecule has 0 aliphatic carbocycles. The van der Waals surface area contributed by atoms with Gasteiger partial charge < -0.3 is 10.1 Å². The van der Waals surface area contributed by atoms with E-state index < -0.39 is 10.9 Å². The average Bonchev–Trinajstić information content (AvgIpc) is 2.19. The number of rotatable bonds is 2. The third kappa shape index (κ3) is 3.02. The summed E-state index contributed by atoms with van der Waals surface area (Å²) < 4.78 is 0. The molecule has 0 unspecified atom stereocenters. The maximum atomic E-state index is 10.0. The summed E-state index contributed by atoms with van der Waals surface area (Å²) in [6.45, 7) is 0. The number of para-hydroxylation sites is 1. The quantitative estimate of drug-likeness (QED) is 0.327. The van der Waals surface area contributed by atoms with Crippen molar-refractivity contribution in [3.8, 4) is 0 Å². The van der Waals surface area contributed by atoms with E-state index in [0.29, 0.717) is 5.69 Å². The van der Waals surface area contributed by atoms with Crippen LogP contribution in [0.25, 0.3) is 0 Å². The van der Waals surface area contributed by atoms with E-state index >= 15 is 0 Å². The summed E-state index contributed by atoms with van der Waals surface area (Å²) in [5.74, 6) is -0.676.